The molecule has 1 aromatic rings. The van der Waals surface area contributed by atoms with Gasteiger partial charge in [-0.2, -0.15) is 0 Å². The van der Waals surface area contributed by atoms with E-state index in [4.69, 9.17) is 0 Å². The lowest BCUT2D eigenvalue weighted by Gasteiger charge is -2.37. The molecule has 3 aliphatic rings. The number of benzene rings is 1. The van der Waals surface area contributed by atoms with Crippen molar-refractivity contribution in [2.75, 3.05) is 39.3 Å². The Bertz CT molecular complexity index is 685. The van der Waals surface area contributed by atoms with Crippen LogP contribution in [-0.4, -0.2) is 56.0 Å². The number of carbonyl (C=O) groups excluding carboxylic acids is 2. The average Bonchev–Trinajstić information content (AvgIpc) is 3.28. The summed E-state index contributed by atoms with van der Waals surface area (Å²) in [4.78, 5) is 27.7. The van der Waals surface area contributed by atoms with Crippen LogP contribution >= 0.6 is 0 Å². The minimum atomic E-state index is -0.263. The van der Waals surface area contributed by atoms with Gasteiger partial charge in [0.05, 0.1) is 5.41 Å². The number of hydrogen-bond donors (Lipinski definition) is 3. The summed E-state index contributed by atoms with van der Waals surface area (Å²) in [6, 6.07) is 8.23. The van der Waals surface area contributed by atoms with Crippen molar-refractivity contribution in [1.29, 1.82) is 0 Å². The van der Waals surface area contributed by atoms with Gasteiger partial charge in [0.1, 0.15) is 0 Å². The molecule has 0 bridgehead atoms. The van der Waals surface area contributed by atoms with Gasteiger partial charge < -0.3 is 20.9 Å². The van der Waals surface area contributed by atoms with Gasteiger partial charge >= 0.3 is 0 Å². The van der Waals surface area contributed by atoms with Gasteiger partial charge in [0.2, 0.25) is 11.8 Å². The molecule has 146 valence electrons. The summed E-state index contributed by atoms with van der Waals surface area (Å²) >= 11 is 0. The molecule has 3 N–H and O–H groups in total. The van der Waals surface area contributed by atoms with E-state index in [1.165, 1.54) is 5.56 Å². The standard InChI is InChI=1S/C21H30N4O2/c1-15-2-4-16(5-3-15)10-24-19(26)17-6-8-25(9-7-17)20(27)21-13-22-11-18(21)12-23-14-21/h2-5,17-18,22-23H,6-14H2,1H3,(H,24,26). The molecule has 0 aromatic heterocycles. The normalized spacial score (nSPS) is 28.2. The Hall–Kier alpha value is -1.92. The van der Waals surface area contributed by atoms with Crippen molar-refractivity contribution in [1.82, 2.24) is 20.9 Å². The first-order valence-corrected chi connectivity index (χ1v) is 10.1. The number of rotatable bonds is 4. The zero-order chi connectivity index (χ0) is 18.9. The monoisotopic (exact) mass is 370 g/mol. The van der Waals surface area contributed by atoms with E-state index in [0.29, 0.717) is 25.6 Å². The molecule has 6 nitrogen and oxygen atoms in total. The summed E-state index contributed by atoms with van der Waals surface area (Å²) in [6.45, 7) is 7.42. The van der Waals surface area contributed by atoms with E-state index < -0.39 is 0 Å². The van der Waals surface area contributed by atoms with Gasteiger partial charge in [-0.05, 0) is 25.3 Å². The highest BCUT2D eigenvalue weighted by Crippen LogP contribution is 2.37. The lowest BCUT2D eigenvalue weighted by Crippen LogP contribution is -2.52. The molecule has 0 saturated carbocycles. The fraction of sp³-hybridized carbons (Fsp3) is 0.619. The first-order chi connectivity index (χ1) is 13.1. The van der Waals surface area contributed by atoms with Crippen molar-refractivity contribution < 1.29 is 9.59 Å². The fourth-order valence-corrected chi connectivity index (χ4v) is 4.78. The van der Waals surface area contributed by atoms with Crippen LogP contribution in [0.4, 0.5) is 0 Å². The summed E-state index contributed by atoms with van der Waals surface area (Å²) in [7, 11) is 0. The maximum Gasteiger partial charge on any atom is 0.231 e. The Morgan fingerprint density at radius 3 is 2.37 bits per heavy atom. The second-order valence-corrected chi connectivity index (χ2v) is 8.38. The SMILES string of the molecule is Cc1ccc(CNC(=O)C2CCN(C(=O)C34CNCC3CNC4)CC2)cc1. The number of aryl methyl sites for hydroxylation is 1. The van der Waals surface area contributed by atoms with E-state index in [9.17, 15) is 9.59 Å². The quantitative estimate of drug-likeness (QED) is 0.728. The van der Waals surface area contributed by atoms with Crippen molar-refractivity contribution in [3.05, 3.63) is 35.4 Å². The molecule has 27 heavy (non-hydrogen) atoms. The lowest BCUT2D eigenvalue weighted by molar-refractivity contribution is -0.144. The van der Waals surface area contributed by atoms with Crippen LogP contribution in [0.2, 0.25) is 0 Å². The van der Waals surface area contributed by atoms with Gasteiger partial charge in [-0.1, -0.05) is 29.8 Å². The van der Waals surface area contributed by atoms with Crippen molar-refractivity contribution in [3.8, 4) is 0 Å². The molecule has 4 rings (SSSR count). The van der Waals surface area contributed by atoms with Crippen LogP contribution in [0, 0.1) is 24.2 Å². The van der Waals surface area contributed by atoms with E-state index in [1.54, 1.807) is 0 Å². The summed E-state index contributed by atoms with van der Waals surface area (Å²) in [5, 5.41) is 9.85. The van der Waals surface area contributed by atoms with E-state index in [2.05, 4.69) is 47.1 Å². The average molecular weight is 370 g/mol. The molecule has 2 amide bonds. The molecule has 3 fully saturated rings. The Labute approximate surface area is 161 Å². The highest BCUT2D eigenvalue weighted by atomic mass is 16.2. The van der Waals surface area contributed by atoms with Crippen LogP contribution in [0.5, 0.6) is 0 Å². The van der Waals surface area contributed by atoms with Gasteiger partial charge in [0.15, 0.2) is 0 Å². The Balaban J connectivity index is 1.28. The maximum atomic E-state index is 13.2. The Morgan fingerprint density at radius 2 is 1.74 bits per heavy atom. The first-order valence-electron chi connectivity index (χ1n) is 10.1. The zero-order valence-electron chi connectivity index (χ0n) is 16.1. The predicted molar refractivity (Wildman–Crippen MR) is 104 cm³/mol. The third-order valence-corrected chi connectivity index (χ3v) is 6.61. The maximum absolute atomic E-state index is 13.2. The highest BCUT2D eigenvalue weighted by molar-refractivity contribution is 5.85. The molecule has 0 atom stereocenters. The number of amides is 2. The van der Waals surface area contributed by atoms with Gasteiger partial charge in [0, 0.05) is 57.6 Å². The number of piperidine rings is 1. The van der Waals surface area contributed by atoms with Crippen molar-refractivity contribution in [2.45, 2.75) is 26.3 Å². The Kier molecular flexibility index (Phi) is 5.19. The molecular weight excluding hydrogens is 340 g/mol. The molecular formula is C21H30N4O2. The number of carbonyl (C=O) groups is 2. The number of likely N-dealkylation sites (tertiary alicyclic amines) is 1. The van der Waals surface area contributed by atoms with E-state index in [-0.39, 0.29) is 23.1 Å². The van der Waals surface area contributed by atoms with Crippen LogP contribution in [0.25, 0.3) is 0 Å². The molecule has 1 aromatic carbocycles. The first kappa shape index (κ1) is 18.4. The third-order valence-electron chi connectivity index (χ3n) is 6.61. The summed E-state index contributed by atoms with van der Waals surface area (Å²) in [6.07, 6.45) is 1.51. The van der Waals surface area contributed by atoms with Gasteiger partial charge in [-0.3, -0.25) is 9.59 Å². The molecule has 3 saturated heterocycles. The van der Waals surface area contributed by atoms with Gasteiger partial charge in [0.25, 0.3) is 0 Å². The topological polar surface area (TPSA) is 73.5 Å². The van der Waals surface area contributed by atoms with Crippen LogP contribution in [-0.2, 0) is 16.1 Å². The summed E-state index contributed by atoms with van der Waals surface area (Å²) < 4.78 is 0. The van der Waals surface area contributed by atoms with Gasteiger partial charge in [-0.25, -0.2) is 0 Å². The largest absolute Gasteiger partial charge is 0.352 e. The van der Waals surface area contributed by atoms with Crippen molar-refractivity contribution in [3.63, 3.8) is 0 Å². The zero-order valence-corrected chi connectivity index (χ0v) is 16.1. The van der Waals surface area contributed by atoms with Gasteiger partial charge in [-0.15, -0.1) is 0 Å². The summed E-state index contributed by atoms with van der Waals surface area (Å²) in [5.41, 5.74) is 2.08. The Morgan fingerprint density at radius 1 is 1.11 bits per heavy atom. The number of nitrogens with zero attached hydrogens (tertiary/aromatic N) is 1. The summed E-state index contributed by atoms with van der Waals surface area (Å²) in [5.74, 6) is 0.807. The molecule has 6 heteroatoms. The molecule has 0 unspecified atom stereocenters. The predicted octanol–water partition coefficient (Wildman–Crippen LogP) is 0.659. The highest BCUT2D eigenvalue weighted by Gasteiger charge is 2.53. The second kappa shape index (κ2) is 7.60. The number of fused-ring (bicyclic) bond motifs is 1. The smallest absolute Gasteiger partial charge is 0.231 e. The minimum Gasteiger partial charge on any atom is -0.352 e. The van der Waals surface area contributed by atoms with E-state index >= 15 is 0 Å². The van der Waals surface area contributed by atoms with E-state index in [0.717, 1.165) is 44.6 Å². The van der Waals surface area contributed by atoms with Crippen molar-refractivity contribution >= 4 is 11.8 Å². The molecule has 3 aliphatic heterocycles. The third kappa shape index (κ3) is 3.60. The molecule has 3 heterocycles. The molecule has 0 radical (unpaired) electrons. The second-order valence-electron chi connectivity index (χ2n) is 8.38. The fourth-order valence-electron chi connectivity index (χ4n) is 4.78. The lowest BCUT2D eigenvalue weighted by atomic mass is 9.79. The minimum absolute atomic E-state index is 0.0104. The van der Waals surface area contributed by atoms with Crippen molar-refractivity contribution in [2.24, 2.45) is 17.3 Å². The van der Waals surface area contributed by atoms with Crippen LogP contribution in [0.3, 0.4) is 0 Å². The van der Waals surface area contributed by atoms with Crippen LogP contribution in [0.1, 0.15) is 24.0 Å². The molecule has 0 aliphatic carbocycles. The number of nitrogens with one attached hydrogen (secondary N) is 3. The van der Waals surface area contributed by atoms with E-state index in [1.807, 2.05) is 4.90 Å². The number of hydrogen-bond acceptors (Lipinski definition) is 4. The van der Waals surface area contributed by atoms with Crippen LogP contribution in [0.15, 0.2) is 24.3 Å². The molecule has 0 spiro atoms. The van der Waals surface area contributed by atoms with Crippen LogP contribution < -0.4 is 16.0 Å².